The topological polar surface area (TPSA) is 37.3 Å². The fraction of sp³-hybridized carbons (Fsp3) is 0. The van der Waals surface area contributed by atoms with E-state index in [1.807, 2.05) is 6.07 Å². The molecule has 0 aliphatic heterocycles. The number of carbonyl (C=O) groups excluding carboxylic acids is 1. The monoisotopic (exact) mass is 171 g/mol. The molecule has 0 aliphatic carbocycles. The molecule has 2 rings (SSSR count). The van der Waals surface area contributed by atoms with Crippen LogP contribution in [0.15, 0.2) is 36.4 Å². The first-order valence-electron chi connectivity index (χ1n) is 3.90. The first-order valence-corrected chi connectivity index (χ1v) is 3.90. The molecule has 0 saturated carbocycles. The van der Waals surface area contributed by atoms with Crippen molar-refractivity contribution in [1.82, 2.24) is 0 Å². The van der Waals surface area contributed by atoms with Crippen LogP contribution in [0.4, 0.5) is 0 Å². The Morgan fingerprint density at radius 2 is 1.77 bits per heavy atom. The van der Waals surface area contributed by atoms with E-state index in [-0.39, 0.29) is 5.75 Å². The van der Waals surface area contributed by atoms with E-state index in [1.165, 1.54) is 0 Å². The molecular formula is C11H7O2. The number of benzene rings is 2. The smallest absolute Gasteiger partial charge is 0.233 e. The molecule has 63 valence electrons. The van der Waals surface area contributed by atoms with Gasteiger partial charge in [-0.2, -0.15) is 0 Å². The standard InChI is InChI=1S/C11H7O2/c12-7-8-1-2-9-3-4-11(13)6-10(9)5-8/h1-6,13H. The molecule has 2 heteroatoms. The minimum Gasteiger partial charge on any atom is -0.508 e. The summed E-state index contributed by atoms with van der Waals surface area (Å²) < 4.78 is 0. The van der Waals surface area contributed by atoms with Crippen molar-refractivity contribution in [2.75, 3.05) is 0 Å². The highest BCUT2D eigenvalue weighted by atomic mass is 16.3. The number of hydrogen-bond acceptors (Lipinski definition) is 2. The van der Waals surface area contributed by atoms with Gasteiger partial charge in [-0.25, -0.2) is 0 Å². The Balaban J connectivity index is 2.74. The molecule has 0 aromatic heterocycles. The Morgan fingerprint density at radius 3 is 2.54 bits per heavy atom. The minimum atomic E-state index is 0.204. The Bertz CT molecular complexity index is 461. The molecule has 13 heavy (non-hydrogen) atoms. The summed E-state index contributed by atoms with van der Waals surface area (Å²) in [5.41, 5.74) is 0.498. The van der Waals surface area contributed by atoms with Gasteiger partial charge in [-0.1, -0.05) is 18.2 Å². The maximum atomic E-state index is 10.3. The van der Waals surface area contributed by atoms with Crippen molar-refractivity contribution in [2.45, 2.75) is 0 Å². The highest BCUT2D eigenvalue weighted by Gasteiger charge is 1.96. The molecule has 2 aromatic carbocycles. The lowest BCUT2D eigenvalue weighted by Gasteiger charge is -1.98. The lowest BCUT2D eigenvalue weighted by molar-refractivity contribution is 0.476. The summed E-state index contributed by atoms with van der Waals surface area (Å²) in [4.78, 5) is 10.3. The van der Waals surface area contributed by atoms with E-state index in [4.69, 9.17) is 0 Å². The number of phenolic OH excluding ortho intramolecular Hbond substituents is 1. The Labute approximate surface area is 75.4 Å². The maximum Gasteiger partial charge on any atom is 0.233 e. The first kappa shape index (κ1) is 7.80. The second kappa shape index (κ2) is 2.90. The van der Waals surface area contributed by atoms with Crippen LogP contribution in [-0.4, -0.2) is 11.4 Å². The van der Waals surface area contributed by atoms with Gasteiger partial charge in [-0.15, -0.1) is 0 Å². The van der Waals surface area contributed by atoms with Gasteiger partial charge in [-0.05, 0) is 29.0 Å². The van der Waals surface area contributed by atoms with Crippen LogP contribution in [0.5, 0.6) is 5.75 Å². The summed E-state index contributed by atoms with van der Waals surface area (Å²) in [6.07, 6.45) is 1.81. The van der Waals surface area contributed by atoms with E-state index in [0.717, 1.165) is 10.8 Å². The van der Waals surface area contributed by atoms with Crippen LogP contribution in [0.25, 0.3) is 10.8 Å². The molecule has 1 radical (unpaired) electrons. The van der Waals surface area contributed by atoms with E-state index in [2.05, 4.69) is 0 Å². The Morgan fingerprint density at radius 1 is 1.00 bits per heavy atom. The summed E-state index contributed by atoms with van der Waals surface area (Å²) in [5.74, 6) is 0.204. The van der Waals surface area contributed by atoms with E-state index >= 15 is 0 Å². The average molecular weight is 171 g/mol. The number of hydrogen-bond donors (Lipinski definition) is 1. The summed E-state index contributed by atoms with van der Waals surface area (Å²) in [6, 6.07) is 10.3. The van der Waals surface area contributed by atoms with Gasteiger partial charge in [0, 0.05) is 5.56 Å². The molecule has 0 spiro atoms. The van der Waals surface area contributed by atoms with Crippen LogP contribution < -0.4 is 0 Å². The fourth-order valence-corrected chi connectivity index (χ4v) is 1.30. The minimum absolute atomic E-state index is 0.204. The highest BCUT2D eigenvalue weighted by molar-refractivity contribution is 5.89. The second-order valence-corrected chi connectivity index (χ2v) is 2.85. The van der Waals surface area contributed by atoms with Crippen molar-refractivity contribution in [3.63, 3.8) is 0 Å². The molecule has 0 saturated heterocycles. The van der Waals surface area contributed by atoms with Crippen molar-refractivity contribution in [2.24, 2.45) is 0 Å². The molecule has 2 aromatic rings. The average Bonchev–Trinajstić information content (AvgIpc) is 2.16. The van der Waals surface area contributed by atoms with Crippen molar-refractivity contribution in [1.29, 1.82) is 0 Å². The number of fused-ring (bicyclic) bond motifs is 1. The van der Waals surface area contributed by atoms with E-state index in [0.29, 0.717) is 5.56 Å². The maximum absolute atomic E-state index is 10.3. The zero-order valence-electron chi connectivity index (χ0n) is 6.82. The molecule has 2 nitrogen and oxygen atoms in total. The van der Waals surface area contributed by atoms with Gasteiger partial charge in [0.25, 0.3) is 0 Å². The summed E-state index contributed by atoms with van der Waals surface area (Å²) in [6.45, 7) is 0. The van der Waals surface area contributed by atoms with Crippen LogP contribution in [0.2, 0.25) is 0 Å². The molecule has 0 heterocycles. The molecule has 0 amide bonds. The van der Waals surface area contributed by atoms with Crippen molar-refractivity contribution in [3.8, 4) is 5.75 Å². The molecule has 0 aliphatic rings. The Kier molecular flexibility index (Phi) is 1.74. The first-order chi connectivity index (χ1) is 6.29. The van der Waals surface area contributed by atoms with Crippen LogP contribution in [0.3, 0.4) is 0 Å². The number of rotatable bonds is 1. The quantitative estimate of drug-likeness (QED) is 0.712. The van der Waals surface area contributed by atoms with Crippen LogP contribution in [0, 0.1) is 0 Å². The third-order valence-electron chi connectivity index (χ3n) is 1.94. The summed E-state index contributed by atoms with van der Waals surface area (Å²) in [7, 11) is 0. The third-order valence-corrected chi connectivity index (χ3v) is 1.94. The van der Waals surface area contributed by atoms with E-state index in [1.54, 1.807) is 36.6 Å². The lowest BCUT2D eigenvalue weighted by atomic mass is 10.1. The van der Waals surface area contributed by atoms with Gasteiger partial charge in [0.1, 0.15) is 5.75 Å². The zero-order valence-corrected chi connectivity index (χ0v) is 6.82. The summed E-state index contributed by atoms with van der Waals surface area (Å²) in [5, 5.41) is 11.0. The fourth-order valence-electron chi connectivity index (χ4n) is 1.30. The van der Waals surface area contributed by atoms with E-state index < -0.39 is 0 Å². The summed E-state index contributed by atoms with van der Waals surface area (Å²) >= 11 is 0. The van der Waals surface area contributed by atoms with Crippen molar-refractivity contribution in [3.05, 3.63) is 42.0 Å². The van der Waals surface area contributed by atoms with Crippen molar-refractivity contribution >= 4 is 17.1 Å². The van der Waals surface area contributed by atoms with Gasteiger partial charge >= 0.3 is 0 Å². The molecule has 1 N–H and O–H groups in total. The van der Waals surface area contributed by atoms with E-state index in [9.17, 15) is 9.90 Å². The molecule has 0 fully saturated rings. The normalized spacial score (nSPS) is 10.2. The second-order valence-electron chi connectivity index (χ2n) is 2.85. The predicted molar refractivity (Wildman–Crippen MR) is 50.4 cm³/mol. The van der Waals surface area contributed by atoms with Gasteiger partial charge in [0.15, 0.2) is 0 Å². The number of phenols is 1. The SMILES string of the molecule is O=[C]c1ccc2ccc(O)cc2c1. The number of aromatic hydroxyl groups is 1. The third kappa shape index (κ3) is 1.38. The van der Waals surface area contributed by atoms with Gasteiger partial charge in [0.2, 0.25) is 6.29 Å². The highest BCUT2D eigenvalue weighted by Crippen LogP contribution is 2.20. The molecule has 0 atom stereocenters. The molecular weight excluding hydrogens is 164 g/mol. The largest absolute Gasteiger partial charge is 0.508 e. The van der Waals surface area contributed by atoms with Gasteiger partial charge in [0.05, 0.1) is 0 Å². The predicted octanol–water partition coefficient (Wildman–Crippen LogP) is 2.00. The van der Waals surface area contributed by atoms with Crippen LogP contribution >= 0.6 is 0 Å². The molecule has 0 unspecified atom stereocenters. The van der Waals surface area contributed by atoms with Crippen LogP contribution in [0.1, 0.15) is 5.56 Å². The van der Waals surface area contributed by atoms with Gasteiger partial charge < -0.3 is 5.11 Å². The molecule has 0 bridgehead atoms. The van der Waals surface area contributed by atoms with Crippen LogP contribution in [-0.2, 0) is 4.79 Å². The van der Waals surface area contributed by atoms with Crippen molar-refractivity contribution < 1.29 is 9.90 Å². The zero-order chi connectivity index (χ0) is 9.26. The Hall–Kier alpha value is -1.83. The van der Waals surface area contributed by atoms with Gasteiger partial charge in [-0.3, -0.25) is 4.79 Å². The lowest BCUT2D eigenvalue weighted by Crippen LogP contribution is -1.79.